The summed E-state index contributed by atoms with van der Waals surface area (Å²) in [5.74, 6) is 0.528. The van der Waals surface area contributed by atoms with Crippen molar-refractivity contribution >= 4 is 0 Å². The Balaban J connectivity index is 2.33. The van der Waals surface area contributed by atoms with Crippen LogP contribution >= 0.6 is 0 Å². The molecule has 2 aromatic carbocycles. The summed E-state index contributed by atoms with van der Waals surface area (Å²) >= 11 is 0. The normalized spacial score (nSPS) is 13.3. The maximum Gasteiger partial charge on any atom is 0.221 e. The summed E-state index contributed by atoms with van der Waals surface area (Å²) in [6, 6.07) is 15.1. The van der Waals surface area contributed by atoms with Crippen molar-refractivity contribution in [2.75, 3.05) is 6.61 Å². The maximum absolute atomic E-state index is 11.4. The van der Waals surface area contributed by atoms with E-state index in [0.717, 1.165) is 29.7 Å². The SMILES string of the molecule is CCCOc1ccc(C(c2ccc(CC)cc2)C(C)[N+](=O)[O-])cc1. The van der Waals surface area contributed by atoms with Crippen molar-refractivity contribution in [2.24, 2.45) is 0 Å². The highest BCUT2D eigenvalue weighted by Crippen LogP contribution is 2.31. The van der Waals surface area contributed by atoms with Crippen LogP contribution in [0.3, 0.4) is 0 Å². The summed E-state index contributed by atoms with van der Waals surface area (Å²) in [5.41, 5.74) is 3.14. The van der Waals surface area contributed by atoms with Gasteiger partial charge in [-0.2, -0.15) is 0 Å². The van der Waals surface area contributed by atoms with Gasteiger partial charge in [0.05, 0.1) is 12.5 Å². The van der Waals surface area contributed by atoms with Gasteiger partial charge in [-0.1, -0.05) is 50.2 Å². The third-order valence-corrected chi connectivity index (χ3v) is 4.27. The molecule has 0 N–H and O–H groups in total. The van der Waals surface area contributed by atoms with E-state index in [4.69, 9.17) is 4.74 Å². The maximum atomic E-state index is 11.4. The lowest BCUT2D eigenvalue weighted by molar-refractivity contribution is -0.520. The molecule has 0 spiro atoms. The summed E-state index contributed by atoms with van der Waals surface area (Å²) in [5, 5.41) is 11.4. The first kappa shape index (κ1) is 18.0. The van der Waals surface area contributed by atoms with Gasteiger partial charge in [0, 0.05) is 11.8 Å². The summed E-state index contributed by atoms with van der Waals surface area (Å²) < 4.78 is 5.60. The Labute approximate surface area is 143 Å². The molecular formula is C20H25NO3. The van der Waals surface area contributed by atoms with Crippen molar-refractivity contribution in [1.82, 2.24) is 0 Å². The van der Waals surface area contributed by atoms with E-state index in [1.165, 1.54) is 5.56 Å². The summed E-state index contributed by atoms with van der Waals surface area (Å²) in [4.78, 5) is 11.2. The minimum atomic E-state index is -0.695. The van der Waals surface area contributed by atoms with E-state index >= 15 is 0 Å². The van der Waals surface area contributed by atoms with Crippen LogP contribution in [0.15, 0.2) is 48.5 Å². The number of hydrogen-bond donors (Lipinski definition) is 0. The Kier molecular flexibility index (Phi) is 6.36. The number of rotatable bonds is 8. The molecule has 0 aromatic heterocycles. The molecule has 4 nitrogen and oxygen atoms in total. The van der Waals surface area contributed by atoms with Crippen LogP contribution in [-0.2, 0) is 6.42 Å². The molecule has 2 aromatic rings. The molecule has 0 bridgehead atoms. The van der Waals surface area contributed by atoms with E-state index < -0.39 is 6.04 Å². The first-order valence-electron chi connectivity index (χ1n) is 8.51. The van der Waals surface area contributed by atoms with Gasteiger partial charge < -0.3 is 4.74 Å². The van der Waals surface area contributed by atoms with Gasteiger partial charge in [0.2, 0.25) is 6.04 Å². The lowest BCUT2D eigenvalue weighted by Gasteiger charge is -2.20. The van der Waals surface area contributed by atoms with Crippen molar-refractivity contribution in [3.63, 3.8) is 0 Å². The van der Waals surface area contributed by atoms with Crippen molar-refractivity contribution in [1.29, 1.82) is 0 Å². The number of ether oxygens (including phenoxy) is 1. The molecule has 0 saturated carbocycles. The fraction of sp³-hybridized carbons (Fsp3) is 0.400. The monoisotopic (exact) mass is 327 g/mol. The highest BCUT2D eigenvalue weighted by Gasteiger charge is 2.29. The van der Waals surface area contributed by atoms with Gasteiger partial charge in [-0.25, -0.2) is 0 Å². The molecule has 0 aliphatic carbocycles. The molecule has 0 amide bonds. The quantitative estimate of drug-likeness (QED) is 0.515. The zero-order valence-electron chi connectivity index (χ0n) is 14.6. The zero-order valence-corrected chi connectivity index (χ0v) is 14.6. The van der Waals surface area contributed by atoms with E-state index in [9.17, 15) is 10.1 Å². The molecule has 2 rings (SSSR count). The van der Waals surface area contributed by atoms with Crippen LogP contribution in [0.2, 0.25) is 0 Å². The number of nitro groups is 1. The molecule has 0 aliphatic rings. The first-order valence-corrected chi connectivity index (χ1v) is 8.51. The number of hydrogen-bond acceptors (Lipinski definition) is 3. The van der Waals surface area contributed by atoms with Gasteiger partial charge in [0.1, 0.15) is 5.75 Å². The molecule has 0 fully saturated rings. The fourth-order valence-electron chi connectivity index (χ4n) is 2.82. The lowest BCUT2D eigenvalue weighted by atomic mass is 9.85. The fourth-order valence-corrected chi connectivity index (χ4v) is 2.82. The number of aryl methyl sites for hydroxylation is 1. The third-order valence-electron chi connectivity index (χ3n) is 4.27. The average molecular weight is 327 g/mol. The summed E-state index contributed by atoms with van der Waals surface area (Å²) in [6.45, 7) is 6.50. The van der Waals surface area contributed by atoms with Gasteiger partial charge in [0.25, 0.3) is 0 Å². The molecule has 0 saturated heterocycles. The highest BCUT2D eigenvalue weighted by atomic mass is 16.6. The van der Waals surface area contributed by atoms with Gasteiger partial charge in [0.15, 0.2) is 0 Å². The predicted molar refractivity (Wildman–Crippen MR) is 96.3 cm³/mol. The highest BCUT2D eigenvalue weighted by molar-refractivity contribution is 5.38. The van der Waals surface area contributed by atoms with Crippen LogP contribution in [0, 0.1) is 10.1 Å². The molecule has 128 valence electrons. The van der Waals surface area contributed by atoms with E-state index in [2.05, 4.69) is 13.8 Å². The third kappa shape index (κ3) is 4.34. The van der Waals surface area contributed by atoms with E-state index in [-0.39, 0.29) is 10.8 Å². The summed E-state index contributed by atoms with van der Waals surface area (Å²) in [6.07, 6.45) is 1.91. The van der Waals surface area contributed by atoms with E-state index in [1.54, 1.807) is 6.92 Å². The molecule has 0 heterocycles. The first-order chi connectivity index (χ1) is 11.6. The number of benzene rings is 2. The Hall–Kier alpha value is -2.36. The van der Waals surface area contributed by atoms with Crippen molar-refractivity contribution < 1.29 is 9.66 Å². The second kappa shape index (κ2) is 8.48. The van der Waals surface area contributed by atoms with Gasteiger partial charge in [-0.15, -0.1) is 0 Å². The second-order valence-electron chi connectivity index (χ2n) is 6.02. The van der Waals surface area contributed by atoms with E-state index in [1.807, 2.05) is 48.5 Å². The van der Waals surface area contributed by atoms with Crippen LogP contribution < -0.4 is 4.74 Å². The average Bonchev–Trinajstić information content (AvgIpc) is 2.61. The zero-order chi connectivity index (χ0) is 17.5. The van der Waals surface area contributed by atoms with Crippen LogP contribution in [0.4, 0.5) is 0 Å². The second-order valence-corrected chi connectivity index (χ2v) is 6.02. The van der Waals surface area contributed by atoms with Gasteiger partial charge in [-0.3, -0.25) is 10.1 Å². The Morgan fingerprint density at radius 2 is 1.54 bits per heavy atom. The lowest BCUT2D eigenvalue weighted by Crippen LogP contribution is -2.25. The largest absolute Gasteiger partial charge is 0.494 e. The predicted octanol–water partition coefficient (Wildman–Crippen LogP) is 4.83. The smallest absolute Gasteiger partial charge is 0.221 e. The van der Waals surface area contributed by atoms with Crippen molar-refractivity contribution in [2.45, 2.75) is 45.6 Å². The molecule has 2 atom stereocenters. The Bertz CT molecular complexity index is 650. The molecular weight excluding hydrogens is 302 g/mol. The van der Waals surface area contributed by atoms with Crippen LogP contribution in [0.25, 0.3) is 0 Å². The van der Waals surface area contributed by atoms with Crippen LogP contribution in [-0.4, -0.2) is 17.6 Å². The standard InChI is InChI=1S/C20H25NO3/c1-4-14-24-19-12-10-18(11-13-19)20(15(3)21(22)23)17-8-6-16(5-2)7-9-17/h6-13,15,20H,4-5,14H2,1-3H3. The van der Waals surface area contributed by atoms with Crippen LogP contribution in [0.5, 0.6) is 5.75 Å². The molecule has 4 heteroatoms. The van der Waals surface area contributed by atoms with Crippen molar-refractivity contribution in [3.05, 3.63) is 75.3 Å². The van der Waals surface area contributed by atoms with Gasteiger partial charge >= 0.3 is 0 Å². The minimum absolute atomic E-state index is 0.208. The molecule has 2 unspecified atom stereocenters. The van der Waals surface area contributed by atoms with Crippen LogP contribution in [0.1, 0.15) is 49.8 Å². The number of nitrogens with zero attached hydrogens (tertiary/aromatic N) is 1. The van der Waals surface area contributed by atoms with E-state index in [0.29, 0.717) is 6.61 Å². The Morgan fingerprint density at radius 1 is 1.00 bits per heavy atom. The summed E-state index contributed by atoms with van der Waals surface area (Å²) in [7, 11) is 0. The molecule has 0 radical (unpaired) electrons. The molecule has 0 aliphatic heterocycles. The Morgan fingerprint density at radius 3 is 2.00 bits per heavy atom. The topological polar surface area (TPSA) is 52.4 Å². The van der Waals surface area contributed by atoms with Crippen molar-refractivity contribution in [3.8, 4) is 5.75 Å². The minimum Gasteiger partial charge on any atom is -0.494 e. The van der Waals surface area contributed by atoms with Gasteiger partial charge in [-0.05, 0) is 41.7 Å². The molecule has 24 heavy (non-hydrogen) atoms.